The van der Waals surface area contributed by atoms with Crippen LogP contribution in [0.15, 0.2) is 64.4 Å². The van der Waals surface area contributed by atoms with Gasteiger partial charge in [-0.3, -0.25) is 0 Å². The average Bonchev–Trinajstić information content (AvgIpc) is 3.18. The van der Waals surface area contributed by atoms with Crippen LogP contribution >= 0.6 is 11.6 Å². The monoisotopic (exact) mass is 502 g/mol. The summed E-state index contributed by atoms with van der Waals surface area (Å²) in [5, 5.41) is 10.7. The molecule has 0 amide bonds. The molecule has 4 aromatic rings. The zero-order valence-corrected chi connectivity index (χ0v) is 20.4. The second-order valence-electron chi connectivity index (χ2n) is 8.59. The number of furan rings is 1. The van der Waals surface area contributed by atoms with E-state index < -0.39 is 17.7 Å². The van der Waals surface area contributed by atoms with Crippen LogP contribution in [-0.4, -0.2) is 5.97 Å². The number of halogens is 2. The standard InChI is InChI=1S/C28H20ClFN2O4/c1-13-7-9-17-15(3)26(36-25(17)14(13)2)28(33)34-16-8-10-18-22(11-16)35-27(32)19(12-31)23(18)24-20(29)5-4-6-21(24)30/h4-11,23H,32H2,1-3H3. The summed E-state index contributed by atoms with van der Waals surface area (Å²) in [6.07, 6.45) is 0. The Morgan fingerprint density at radius 2 is 1.92 bits per heavy atom. The van der Waals surface area contributed by atoms with E-state index in [-0.39, 0.29) is 39.3 Å². The van der Waals surface area contributed by atoms with Gasteiger partial charge >= 0.3 is 5.97 Å². The van der Waals surface area contributed by atoms with E-state index in [1.54, 1.807) is 13.0 Å². The molecule has 1 aliphatic heterocycles. The van der Waals surface area contributed by atoms with E-state index in [0.717, 1.165) is 16.5 Å². The number of allylic oxidation sites excluding steroid dienone is 1. The van der Waals surface area contributed by atoms with E-state index in [4.69, 9.17) is 31.2 Å². The van der Waals surface area contributed by atoms with Gasteiger partial charge in [-0.2, -0.15) is 5.26 Å². The topological polar surface area (TPSA) is 98.5 Å². The molecule has 180 valence electrons. The van der Waals surface area contributed by atoms with Crippen molar-refractivity contribution in [2.45, 2.75) is 26.7 Å². The number of ether oxygens (including phenoxy) is 2. The fourth-order valence-electron chi connectivity index (χ4n) is 4.45. The Kier molecular flexibility index (Phi) is 5.70. The van der Waals surface area contributed by atoms with Crippen LogP contribution in [0.3, 0.4) is 0 Å². The maximum atomic E-state index is 14.8. The maximum absolute atomic E-state index is 14.8. The molecule has 2 N–H and O–H groups in total. The Morgan fingerprint density at radius 3 is 2.64 bits per heavy atom. The van der Waals surface area contributed by atoms with Crippen LogP contribution in [0.5, 0.6) is 11.5 Å². The van der Waals surface area contributed by atoms with Crippen LogP contribution in [0, 0.1) is 37.9 Å². The first kappa shape index (κ1) is 23.5. The summed E-state index contributed by atoms with van der Waals surface area (Å²) in [4.78, 5) is 13.0. The van der Waals surface area contributed by atoms with E-state index in [9.17, 15) is 14.4 Å². The first-order chi connectivity index (χ1) is 17.2. The van der Waals surface area contributed by atoms with Crippen LogP contribution in [-0.2, 0) is 0 Å². The molecule has 0 aliphatic carbocycles. The van der Waals surface area contributed by atoms with Gasteiger partial charge in [0.2, 0.25) is 11.6 Å². The van der Waals surface area contributed by atoms with Gasteiger partial charge in [0.25, 0.3) is 0 Å². The first-order valence-corrected chi connectivity index (χ1v) is 11.5. The lowest BCUT2D eigenvalue weighted by Crippen LogP contribution is -2.22. The number of hydrogen-bond acceptors (Lipinski definition) is 6. The lowest BCUT2D eigenvalue weighted by molar-refractivity contribution is 0.0702. The highest BCUT2D eigenvalue weighted by atomic mass is 35.5. The normalized spacial score (nSPS) is 14.8. The SMILES string of the molecule is Cc1ccc2c(C)c(C(=O)Oc3ccc4c(c3)OC(N)=C(C#N)C4c3c(F)cccc3Cl)oc2c1C. The van der Waals surface area contributed by atoms with Gasteiger partial charge in [0.1, 0.15) is 34.5 Å². The number of hydrogen-bond donors (Lipinski definition) is 1. The third kappa shape index (κ3) is 3.67. The lowest BCUT2D eigenvalue weighted by Gasteiger charge is -2.27. The number of aryl methyl sites for hydroxylation is 3. The predicted molar refractivity (Wildman–Crippen MR) is 133 cm³/mol. The maximum Gasteiger partial charge on any atom is 0.379 e. The molecular formula is C28H20ClFN2O4. The van der Waals surface area contributed by atoms with Crippen molar-refractivity contribution in [1.82, 2.24) is 0 Å². The molecule has 1 atom stereocenters. The molecule has 0 spiro atoms. The summed E-state index contributed by atoms with van der Waals surface area (Å²) < 4.78 is 31.9. The van der Waals surface area contributed by atoms with Crippen LogP contribution in [0.4, 0.5) is 4.39 Å². The van der Waals surface area contributed by atoms with E-state index >= 15 is 0 Å². The summed E-state index contributed by atoms with van der Waals surface area (Å²) in [5.74, 6) is -1.85. The Labute approximate surface area is 211 Å². The van der Waals surface area contributed by atoms with E-state index in [1.807, 2.05) is 32.0 Å². The second-order valence-corrected chi connectivity index (χ2v) is 9.00. The van der Waals surface area contributed by atoms with Crippen LogP contribution in [0.2, 0.25) is 5.02 Å². The second kappa shape index (κ2) is 8.74. The smallest absolute Gasteiger partial charge is 0.379 e. The highest BCUT2D eigenvalue weighted by molar-refractivity contribution is 6.31. The molecule has 0 bridgehead atoms. The van der Waals surface area contributed by atoms with Crippen molar-refractivity contribution < 1.29 is 23.1 Å². The van der Waals surface area contributed by atoms with Crippen molar-refractivity contribution >= 4 is 28.5 Å². The van der Waals surface area contributed by atoms with Gasteiger partial charge in [0.15, 0.2) is 0 Å². The molecule has 36 heavy (non-hydrogen) atoms. The summed E-state index contributed by atoms with van der Waals surface area (Å²) in [5.41, 5.74) is 9.92. The first-order valence-electron chi connectivity index (χ1n) is 11.1. The average molecular weight is 503 g/mol. The number of nitrogens with zero attached hydrogens (tertiary/aromatic N) is 1. The van der Waals surface area contributed by atoms with Gasteiger partial charge in [-0.1, -0.05) is 35.9 Å². The van der Waals surface area contributed by atoms with Gasteiger partial charge < -0.3 is 19.6 Å². The largest absolute Gasteiger partial charge is 0.448 e. The van der Waals surface area contributed by atoms with E-state index in [2.05, 4.69) is 0 Å². The molecular weight excluding hydrogens is 483 g/mol. The summed E-state index contributed by atoms with van der Waals surface area (Å²) in [6, 6.07) is 14.7. The number of carbonyl (C=O) groups is 1. The van der Waals surface area contributed by atoms with Gasteiger partial charge in [0, 0.05) is 33.2 Å². The minimum Gasteiger partial charge on any atom is -0.448 e. The Hall–Kier alpha value is -4.28. The molecule has 2 heterocycles. The Balaban J connectivity index is 1.53. The van der Waals surface area contributed by atoms with Crippen molar-refractivity contribution in [3.63, 3.8) is 0 Å². The number of esters is 1. The molecule has 3 aromatic carbocycles. The van der Waals surface area contributed by atoms with Crippen LogP contribution in [0.25, 0.3) is 11.0 Å². The minimum atomic E-state index is -0.888. The number of rotatable bonds is 3. The molecule has 6 nitrogen and oxygen atoms in total. The number of nitrogens with two attached hydrogens (primary N) is 1. The van der Waals surface area contributed by atoms with Gasteiger partial charge in [-0.05, 0) is 50.1 Å². The predicted octanol–water partition coefficient (Wildman–Crippen LogP) is 6.59. The summed E-state index contributed by atoms with van der Waals surface area (Å²) in [7, 11) is 0. The third-order valence-corrected chi connectivity index (χ3v) is 6.83. The van der Waals surface area contributed by atoms with Crippen LogP contribution < -0.4 is 15.2 Å². The van der Waals surface area contributed by atoms with Crippen LogP contribution in [0.1, 0.15) is 44.3 Å². The van der Waals surface area contributed by atoms with Crippen molar-refractivity contribution in [3.8, 4) is 17.6 Å². The molecule has 1 aliphatic rings. The molecule has 5 rings (SSSR count). The summed E-state index contributed by atoms with van der Waals surface area (Å²) >= 11 is 6.30. The number of benzene rings is 3. The van der Waals surface area contributed by atoms with Crippen molar-refractivity contribution in [2.24, 2.45) is 5.73 Å². The third-order valence-electron chi connectivity index (χ3n) is 6.50. The molecule has 0 saturated carbocycles. The van der Waals surface area contributed by atoms with E-state index in [0.29, 0.717) is 16.7 Å². The number of carbonyl (C=O) groups excluding carboxylic acids is 1. The van der Waals surface area contributed by atoms with Crippen molar-refractivity contribution in [1.29, 1.82) is 5.26 Å². The lowest BCUT2D eigenvalue weighted by atomic mass is 9.83. The fourth-order valence-corrected chi connectivity index (χ4v) is 4.72. The highest BCUT2D eigenvalue weighted by Crippen LogP contribution is 2.46. The fraction of sp³-hybridized carbons (Fsp3) is 0.143. The molecule has 8 heteroatoms. The molecule has 1 aromatic heterocycles. The summed E-state index contributed by atoms with van der Waals surface area (Å²) in [6.45, 7) is 5.70. The zero-order valence-electron chi connectivity index (χ0n) is 19.6. The van der Waals surface area contributed by atoms with Crippen molar-refractivity contribution in [2.75, 3.05) is 0 Å². The number of fused-ring (bicyclic) bond motifs is 2. The van der Waals surface area contributed by atoms with Crippen molar-refractivity contribution in [3.05, 3.63) is 104 Å². The zero-order chi connectivity index (χ0) is 25.7. The molecule has 1 unspecified atom stereocenters. The quantitative estimate of drug-likeness (QED) is 0.251. The molecule has 0 saturated heterocycles. The van der Waals surface area contributed by atoms with Gasteiger partial charge in [-0.15, -0.1) is 0 Å². The molecule has 0 fully saturated rings. The van der Waals surface area contributed by atoms with E-state index in [1.165, 1.54) is 30.3 Å². The molecule has 0 radical (unpaired) electrons. The van der Waals surface area contributed by atoms with Gasteiger partial charge in [-0.25, -0.2) is 9.18 Å². The highest BCUT2D eigenvalue weighted by Gasteiger charge is 2.34. The minimum absolute atomic E-state index is 0.0304. The number of nitriles is 1. The Morgan fingerprint density at radius 1 is 1.14 bits per heavy atom. The van der Waals surface area contributed by atoms with Gasteiger partial charge in [0.05, 0.1) is 5.92 Å². The Bertz CT molecular complexity index is 1630.